The van der Waals surface area contributed by atoms with Crippen LogP contribution >= 0.6 is 0 Å². The van der Waals surface area contributed by atoms with Gasteiger partial charge in [0.2, 0.25) is 5.78 Å². The number of hydrogen-bond donors (Lipinski definition) is 0. The van der Waals surface area contributed by atoms with Crippen LogP contribution in [0.25, 0.3) is 0 Å². The van der Waals surface area contributed by atoms with E-state index in [0.29, 0.717) is 18.3 Å². The van der Waals surface area contributed by atoms with Crippen LogP contribution in [0.15, 0.2) is 24.0 Å². The highest BCUT2D eigenvalue weighted by atomic mass is 16.5. The van der Waals surface area contributed by atoms with Crippen molar-refractivity contribution in [2.75, 3.05) is 6.61 Å². The predicted molar refractivity (Wildman–Crippen MR) is 64.0 cm³/mol. The Hall–Kier alpha value is -1.05. The van der Waals surface area contributed by atoms with E-state index < -0.39 is 0 Å². The van der Waals surface area contributed by atoms with Gasteiger partial charge < -0.3 is 4.74 Å². The van der Waals surface area contributed by atoms with Gasteiger partial charge in [0.05, 0.1) is 6.61 Å². The summed E-state index contributed by atoms with van der Waals surface area (Å²) in [6, 6.07) is 0. The van der Waals surface area contributed by atoms with Gasteiger partial charge in [-0.05, 0) is 43.8 Å². The van der Waals surface area contributed by atoms with Crippen LogP contribution in [0, 0.1) is 5.92 Å². The predicted octanol–water partition coefficient (Wildman–Crippen LogP) is 3.39. The zero-order valence-electron chi connectivity index (χ0n) is 9.78. The van der Waals surface area contributed by atoms with E-state index in [1.165, 1.54) is 32.1 Å². The van der Waals surface area contributed by atoms with Crippen LogP contribution in [0.1, 0.15) is 44.9 Å². The summed E-state index contributed by atoms with van der Waals surface area (Å²) in [5, 5.41) is 0. The maximum atomic E-state index is 11.8. The Labute approximate surface area is 97.4 Å². The molecule has 1 heterocycles. The molecule has 0 amide bonds. The van der Waals surface area contributed by atoms with Crippen molar-refractivity contribution >= 4 is 5.78 Å². The molecule has 16 heavy (non-hydrogen) atoms. The first-order valence-corrected chi connectivity index (χ1v) is 6.42. The second-order valence-corrected chi connectivity index (χ2v) is 4.68. The highest BCUT2D eigenvalue weighted by Gasteiger charge is 2.13. The fourth-order valence-electron chi connectivity index (χ4n) is 2.36. The largest absolute Gasteiger partial charge is 0.490 e. The van der Waals surface area contributed by atoms with Crippen LogP contribution in [-0.4, -0.2) is 12.4 Å². The molecule has 1 aliphatic heterocycles. The number of hydrogen-bond acceptors (Lipinski definition) is 2. The molecular weight excluding hydrogens is 200 g/mol. The minimum atomic E-state index is 0.0465. The number of allylic oxidation sites excluding steroid dienone is 3. The number of ether oxygens (including phenoxy) is 1. The molecule has 0 N–H and O–H groups in total. The van der Waals surface area contributed by atoms with Crippen molar-refractivity contribution in [2.45, 2.75) is 44.9 Å². The summed E-state index contributed by atoms with van der Waals surface area (Å²) in [7, 11) is 0. The van der Waals surface area contributed by atoms with Gasteiger partial charge in [0.1, 0.15) is 0 Å². The molecule has 2 heteroatoms. The normalized spacial score (nSPS) is 22.9. The van der Waals surface area contributed by atoms with Crippen LogP contribution in [0.2, 0.25) is 0 Å². The molecule has 0 saturated heterocycles. The molecule has 0 atom stereocenters. The molecule has 0 spiro atoms. The molecule has 88 valence electrons. The maximum absolute atomic E-state index is 11.8. The van der Waals surface area contributed by atoms with Crippen molar-refractivity contribution in [3.63, 3.8) is 0 Å². The zero-order chi connectivity index (χ0) is 11.2. The minimum absolute atomic E-state index is 0.0465. The first kappa shape index (κ1) is 11.4. The lowest BCUT2D eigenvalue weighted by atomic mass is 9.89. The quantitative estimate of drug-likeness (QED) is 0.681. The van der Waals surface area contributed by atoms with Gasteiger partial charge in [0, 0.05) is 0 Å². The van der Waals surface area contributed by atoms with E-state index >= 15 is 0 Å². The van der Waals surface area contributed by atoms with E-state index in [4.69, 9.17) is 4.74 Å². The smallest absolute Gasteiger partial charge is 0.219 e. The number of carbonyl (C=O) groups excluding carboxylic acids is 1. The molecule has 0 aromatic rings. The third kappa shape index (κ3) is 3.22. The average molecular weight is 220 g/mol. The summed E-state index contributed by atoms with van der Waals surface area (Å²) in [6.45, 7) is 0.689. The first-order valence-electron chi connectivity index (χ1n) is 6.42. The average Bonchev–Trinajstić information content (AvgIpc) is 2.38. The molecule has 2 nitrogen and oxygen atoms in total. The monoisotopic (exact) mass is 220 g/mol. The molecular formula is C14H20O2. The highest BCUT2D eigenvalue weighted by molar-refractivity contribution is 6.02. The Morgan fingerprint density at radius 3 is 2.75 bits per heavy atom. The molecule has 2 aliphatic rings. The molecule has 0 aromatic carbocycles. The topological polar surface area (TPSA) is 26.3 Å². The van der Waals surface area contributed by atoms with Crippen LogP contribution in [0.5, 0.6) is 0 Å². The fraction of sp³-hybridized carbons (Fsp3) is 0.643. The van der Waals surface area contributed by atoms with Crippen LogP contribution < -0.4 is 0 Å². The van der Waals surface area contributed by atoms with Gasteiger partial charge in [0.25, 0.3) is 0 Å². The third-order valence-corrected chi connectivity index (χ3v) is 3.35. The maximum Gasteiger partial charge on any atom is 0.219 e. The van der Waals surface area contributed by atoms with E-state index in [-0.39, 0.29) is 5.78 Å². The summed E-state index contributed by atoms with van der Waals surface area (Å²) in [5.74, 6) is 1.21. The van der Waals surface area contributed by atoms with E-state index in [0.717, 1.165) is 12.8 Å². The lowest BCUT2D eigenvalue weighted by Crippen LogP contribution is -2.10. The Morgan fingerprint density at radius 2 is 2.06 bits per heavy atom. The fourth-order valence-corrected chi connectivity index (χ4v) is 2.36. The Morgan fingerprint density at radius 1 is 1.25 bits per heavy atom. The van der Waals surface area contributed by atoms with Gasteiger partial charge in [-0.3, -0.25) is 4.79 Å². The summed E-state index contributed by atoms with van der Waals surface area (Å²) in [5.41, 5.74) is 0. The Kier molecular flexibility index (Phi) is 4.20. The van der Waals surface area contributed by atoms with E-state index in [1.54, 1.807) is 6.08 Å². The summed E-state index contributed by atoms with van der Waals surface area (Å²) in [4.78, 5) is 11.8. The second kappa shape index (κ2) is 5.88. The minimum Gasteiger partial charge on any atom is -0.490 e. The Bertz CT molecular complexity index is 296. The summed E-state index contributed by atoms with van der Waals surface area (Å²) in [6.07, 6.45) is 14.2. The summed E-state index contributed by atoms with van der Waals surface area (Å²) < 4.78 is 5.34. The zero-order valence-corrected chi connectivity index (χ0v) is 9.78. The van der Waals surface area contributed by atoms with Gasteiger partial charge in [-0.25, -0.2) is 0 Å². The SMILES string of the molecule is O=C(/C=C/C1CCCCC1)C1=CCCCO1. The van der Waals surface area contributed by atoms with Crippen molar-refractivity contribution in [1.29, 1.82) is 0 Å². The van der Waals surface area contributed by atoms with Crippen LogP contribution in [-0.2, 0) is 9.53 Å². The molecule has 0 aromatic heterocycles. The van der Waals surface area contributed by atoms with Crippen LogP contribution in [0.4, 0.5) is 0 Å². The van der Waals surface area contributed by atoms with Crippen molar-refractivity contribution in [1.82, 2.24) is 0 Å². The van der Waals surface area contributed by atoms with Crippen molar-refractivity contribution in [3.05, 3.63) is 24.0 Å². The number of ketones is 1. The lowest BCUT2D eigenvalue weighted by molar-refractivity contribution is -0.114. The van der Waals surface area contributed by atoms with Gasteiger partial charge in [-0.15, -0.1) is 0 Å². The number of rotatable bonds is 3. The standard InChI is InChI=1S/C14H20O2/c15-13(14-8-4-5-11-16-14)10-9-12-6-2-1-3-7-12/h8-10,12H,1-7,11H2/b10-9+. The van der Waals surface area contributed by atoms with Crippen LogP contribution in [0.3, 0.4) is 0 Å². The van der Waals surface area contributed by atoms with E-state index in [9.17, 15) is 4.79 Å². The molecule has 1 fully saturated rings. The Balaban J connectivity index is 1.85. The van der Waals surface area contributed by atoms with Crippen molar-refractivity contribution in [2.24, 2.45) is 5.92 Å². The third-order valence-electron chi connectivity index (χ3n) is 3.35. The molecule has 0 unspecified atom stereocenters. The van der Waals surface area contributed by atoms with Crippen molar-refractivity contribution < 1.29 is 9.53 Å². The number of carbonyl (C=O) groups is 1. The molecule has 0 radical (unpaired) electrons. The molecule has 1 saturated carbocycles. The first-order chi connectivity index (χ1) is 7.86. The van der Waals surface area contributed by atoms with E-state index in [2.05, 4.69) is 6.08 Å². The lowest BCUT2D eigenvalue weighted by Gasteiger charge is -2.17. The van der Waals surface area contributed by atoms with Crippen molar-refractivity contribution in [3.8, 4) is 0 Å². The molecule has 1 aliphatic carbocycles. The molecule has 0 bridgehead atoms. The summed E-state index contributed by atoms with van der Waals surface area (Å²) >= 11 is 0. The van der Waals surface area contributed by atoms with Gasteiger partial charge in [-0.1, -0.05) is 25.3 Å². The van der Waals surface area contributed by atoms with Gasteiger partial charge in [-0.2, -0.15) is 0 Å². The molecule has 2 rings (SSSR count). The highest BCUT2D eigenvalue weighted by Crippen LogP contribution is 2.24. The van der Waals surface area contributed by atoms with Gasteiger partial charge >= 0.3 is 0 Å². The van der Waals surface area contributed by atoms with Gasteiger partial charge in [0.15, 0.2) is 5.76 Å². The second-order valence-electron chi connectivity index (χ2n) is 4.68. The van der Waals surface area contributed by atoms with E-state index in [1.807, 2.05) is 6.08 Å².